The Hall–Kier alpha value is 3.58. The average molecular weight is 568 g/mol. The molecule has 62 valence electrons. The molecule has 0 spiro atoms. The fourth-order valence-corrected chi connectivity index (χ4v) is 4.42. The summed E-state index contributed by atoms with van der Waals surface area (Å²) in [6.45, 7) is 0. The molecule has 0 heterocycles. The summed E-state index contributed by atoms with van der Waals surface area (Å²) < 4.78 is -0.531. The zero-order chi connectivity index (χ0) is 8.41. The lowest BCUT2D eigenvalue weighted by atomic mass is 11.9. The van der Waals surface area contributed by atoms with Crippen LogP contribution in [-0.2, 0) is 0 Å². The molecule has 0 nitrogen and oxygen atoms in total. The van der Waals surface area contributed by atoms with Gasteiger partial charge >= 0.3 is 0 Å². The number of hydrogen-bond donors (Lipinski definition) is 0. The quantitative estimate of drug-likeness (QED) is 0.284. The van der Waals surface area contributed by atoms with E-state index in [4.69, 9.17) is 0 Å². The van der Waals surface area contributed by atoms with Crippen LogP contribution in [0.1, 0.15) is 0 Å². The highest BCUT2D eigenvalue weighted by Crippen LogP contribution is 2.59. The van der Waals surface area contributed by atoms with Gasteiger partial charge < -0.3 is 0 Å². The minimum atomic E-state index is -0.266. The van der Waals surface area contributed by atoms with Crippen LogP contribution in [0, 0.1) is 0 Å². The second kappa shape index (κ2) is 5.46. The monoisotopic (exact) mass is 561 g/mol. The second-order valence-corrected chi connectivity index (χ2v) is 20.3. The van der Waals surface area contributed by atoms with Gasteiger partial charge in [-0.1, -0.05) is 0 Å². The molecule has 0 radical (unpaired) electrons. The molecule has 8 heteroatoms. The largest absolute Gasteiger partial charge is 0.189 e. The summed E-state index contributed by atoms with van der Waals surface area (Å²) in [7, 11) is 3.13. The van der Waals surface area contributed by atoms with Gasteiger partial charge in [-0.2, -0.15) is 0 Å². The Kier molecular flexibility index (Phi) is 7.41. The molecule has 0 unspecified atom stereocenters. The van der Waals surface area contributed by atoms with E-state index in [0.29, 0.717) is 0 Å². The van der Waals surface area contributed by atoms with Crippen LogP contribution in [0.2, 0.25) is 0 Å². The highest BCUT2D eigenvalue weighted by molar-refractivity contribution is 9.47. The summed E-state index contributed by atoms with van der Waals surface area (Å²) in [5, 5.41) is 0. The Balaban J connectivity index is 3.56. The maximum Gasteiger partial charge on any atom is 0.189 e. The van der Waals surface area contributed by atoms with Crippen molar-refractivity contribution in [3.63, 3.8) is 0 Å². The van der Waals surface area contributed by atoms with Crippen molar-refractivity contribution in [2.45, 2.75) is 2.95 Å². The Morgan fingerprint density at radius 1 is 0.600 bits per heavy atom. The van der Waals surface area contributed by atoms with Crippen molar-refractivity contribution in [1.29, 1.82) is 0 Å². The first-order valence-corrected chi connectivity index (χ1v) is 8.62. The number of alkyl halides is 6. The molecule has 0 atom stereocenters. The van der Waals surface area contributed by atoms with Crippen molar-refractivity contribution < 1.29 is 0 Å². The summed E-state index contributed by atoms with van der Waals surface area (Å²) >= 11 is 20.1. The molecule has 0 aromatic heterocycles. The standard InChI is InChI=1S/C2Br6S2/c3-1(4,5)9-10-2(6,7)8. The van der Waals surface area contributed by atoms with Gasteiger partial charge in [-0.3, -0.25) is 0 Å². The minimum Gasteiger partial charge on any atom is -0.0490 e. The summed E-state index contributed by atoms with van der Waals surface area (Å²) in [4.78, 5) is 0. The van der Waals surface area contributed by atoms with E-state index in [1.807, 2.05) is 0 Å². The maximum absolute atomic E-state index is 3.34. The van der Waals surface area contributed by atoms with Crippen LogP contribution in [0.25, 0.3) is 0 Å². The van der Waals surface area contributed by atoms with Crippen molar-refractivity contribution in [2.24, 2.45) is 0 Å². The number of rotatable bonds is 1. The van der Waals surface area contributed by atoms with E-state index in [-0.39, 0.29) is 2.95 Å². The third kappa shape index (κ3) is 11.6. The molecule has 0 aliphatic carbocycles. The van der Waals surface area contributed by atoms with Crippen LogP contribution in [-0.4, -0.2) is 2.95 Å². The van der Waals surface area contributed by atoms with Gasteiger partial charge in [-0.25, -0.2) is 0 Å². The van der Waals surface area contributed by atoms with Crippen molar-refractivity contribution in [3.8, 4) is 0 Å². The van der Waals surface area contributed by atoms with Crippen molar-refractivity contribution in [1.82, 2.24) is 0 Å². The predicted molar refractivity (Wildman–Crippen MR) is 74.2 cm³/mol. The molecule has 0 aromatic rings. The van der Waals surface area contributed by atoms with E-state index in [1.54, 1.807) is 21.6 Å². The van der Waals surface area contributed by atoms with Crippen LogP contribution < -0.4 is 0 Å². The maximum atomic E-state index is 3.34. The third-order valence-electron chi connectivity index (χ3n) is 0.231. The molecular formula is C2Br6S2. The van der Waals surface area contributed by atoms with Gasteiger partial charge in [0.05, 0.1) is 0 Å². The lowest BCUT2D eigenvalue weighted by Crippen LogP contribution is -1.92. The molecule has 0 aromatic carbocycles. The molecule has 0 bridgehead atoms. The van der Waals surface area contributed by atoms with Gasteiger partial charge in [0.1, 0.15) is 0 Å². The highest BCUT2D eigenvalue weighted by atomic mass is 80.0. The summed E-state index contributed by atoms with van der Waals surface area (Å²) in [6.07, 6.45) is 0. The van der Waals surface area contributed by atoms with Gasteiger partial charge in [0, 0.05) is 0 Å². The normalized spacial score (nSPS) is 13.8. The molecule has 0 aliphatic heterocycles. The molecule has 0 saturated carbocycles. The third-order valence-corrected chi connectivity index (χ3v) is 9.21. The molecule has 0 rings (SSSR count). The summed E-state index contributed by atoms with van der Waals surface area (Å²) in [6, 6.07) is 0. The van der Waals surface area contributed by atoms with Crippen LogP contribution in [0.5, 0.6) is 0 Å². The molecular weight excluding hydrogens is 568 g/mol. The van der Waals surface area contributed by atoms with Crippen LogP contribution >= 0.6 is 117 Å². The number of hydrogen-bond acceptors (Lipinski definition) is 2. The first-order valence-electron chi connectivity index (χ1n) is 1.71. The van der Waals surface area contributed by atoms with Gasteiger partial charge in [0.15, 0.2) is 2.95 Å². The molecule has 0 amide bonds. The molecule has 0 saturated heterocycles. The van der Waals surface area contributed by atoms with E-state index in [0.717, 1.165) is 0 Å². The van der Waals surface area contributed by atoms with Crippen molar-refractivity contribution in [3.05, 3.63) is 0 Å². The molecule has 10 heavy (non-hydrogen) atoms. The Morgan fingerprint density at radius 3 is 0.900 bits per heavy atom. The van der Waals surface area contributed by atoms with E-state index in [2.05, 4.69) is 95.6 Å². The second-order valence-electron chi connectivity index (χ2n) is 1.06. The highest BCUT2D eigenvalue weighted by Gasteiger charge is 2.26. The molecule has 0 fully saturated rings. The zero-order valence-electron chi connectivity index (χ0n) is 4.08. The van der Waals surface area contributed by atoms with E-state index in [9.17, 15) is 0 Å². The Morgan fingerprint density at radius 2 is 0.800 bits per heavy atom. The summed E-state index contributed by atoms with van der Waals surface area (Å²) in [5.74, 6) is 0. The van der Waals surface area contributed by atoms with E-state index >= 15 is 0 Å². The van der Waals surface area contributed by atoms with Crippen molar-refractivity contribution >= 4 is 117 Å². The Labute approximate surface area is 118 Å². The molecule has 0 N–H and O–H groups in total. The van der Waals surface area contributed by atoms with Gasteiger partial charge in [0.25, 0.3) is 0 Å². The first kappa shape index (κ1) is 13.6. The predicted octanol–water partition coefficient (Wildman–Crippen LogP) is 5.96. The van der Waals surface area contributed by atoms with Gasteiger partial charge in [-0.15, -0.1) is 0 Å². The number of halogens is 6. The van der Waals surface area contributed by atoms with Crippen LogP contribution in [0.4, 0.5) is 0 Å². The van der Waals surface area contributed by atoms with Crippen molar-refractivity contribution in [2.75, 3.05) is 0 Å². The lowest BCUT2D eigenvalue weighted by Gasteiger charge is -2.15. The lowest BCUT2D eigenvalue weighted by molar-refractivity contribution is 2.07. The van der Waals surface area contributed by atoms with Gasteiger partial charge in [0.2, 0.25) is 0 Å². The average Bonchev–Trinajstić information content (AvgIpc) is 1.57. The van der Waals surface area contributed by atoms with Crippen LogP contribution in [0.3, 0.4) is 0 Å². The molecule has 0 aliphatic rings. The van der Waals surface area contributed by atoms with Gasteiger partial charge in [-0.05, 0) is 117 Å². The van der Waals surface area contributed by atoms with Crippen LogP contribution in [0.15, 0.2) is 0 Å². The first-order chi connectivity index (χ1) is 4.21. The fraction of sp³-hybridized carbons (Fsp3) is 1.00. The fourth-order valence-electron chi connectivity index (χ4n) is 0.0945. The van der Waals surface area contributed by atoms with E-state index in [1.165, 1.54) is 0 Å². The SMILES string of the molecule is BrC(Br)(Br)SSC(Br)(Br)Br. The smallest absolute Gasteiger partial charge is 0.0490 e. The minimum absolute atomic E-state index is 0.266. The topological polar surface area (TPSA) is 0 Å². The zero-order valence-corrected chi connectivity index (χ0v) is 15.2. The Bertz CT molecular complexity index is 87.3. The summed E-state index contributed by atoms with van der Waals surface area (Å²) in [5.41, 5.74) is 0. The van der Waals surface area contributed by atoms with E-state index < -0.39 is 0 Å².